The Morgan fingerprint density at radius 1 is 1.75 bits per heavy atom. The summed E-state index contributed by atoms with van der Waals surface area (Å²) in [6.45, 7) is 0. The number of anilines is 1. The minimum absolute atomic E-state index is 0.125. The van der Waals surface area contributed by atoms with E-state index in [0.717, 1.165) is 0 Å². The molecule has 66 valence electrons. The second-order valence-electron chi connectivity index (χ2n) is 2.09. The lowest BCUT2D eigenvalue weighted by Gasteiger charge is -1.95. The number of hydrogen-bond acceptors (Lipinski definition) is 4. The lowest BCUT2D eigenvalue weighted by Crippen LogP contribution is -2.12. The van der Waals surface area contributed by atoms with Gasteiger partial charge in [-0.25, -0.2) is 0 Å². The molecule has 0 radical (unpaired) electrons. The Morgan fingerprint density at radius 2 is 2.50 bits per heavy atom. The fraction of sp³-hybridized carbons (Fsp3) is 0.600. The Bertz CT molecular complexity index is 273. The molecule has 6 nitrogen and oxygen atoms in total. The third kappa shape index (κ3) is 2.57. The first-order valence-corrected chi connectivity index (χ1v) is 4.44. The van der Waals surface area contributed by atoms with E-state index >= 15 is 0 Å². The third-order valence-corrected chi connectivity index (χ3v) is 1.48. The van der Waals surface area contributed by atoms with Crippen molar-refractivity contribution in [2.24, 2.45) is 7.05 Å². The molecule has 1 rings (SSSR count). The zero-order valence-corrected chi connectivity index (χ0v) is 8.08. The average Bonchev–Trinajstić information content (AvgIpc) is 2.36. The predicted octanol–water partition coefficient (Wildman–Crippen LogP) is -0.0664. The number of carbonyl (C=O) groups is 1. The summed E-state index contributed by atoms with van der Waals surface area (Å²) in [5.41, 5.74) is 0. The van der Waals surface area contributed by atoms with Crippen molar-refractivity contribution in [3.05, 3.63) is 0 Å². The molecule has 0 aliphatic heterocycles. The number of halogens is 1. The van der Waals surface area contributed by atoms with Crippen LogP contribution < -0.4 is 5.32 Å². The molecule has 0 aliphatic carbocycles. The molecule has 0 bridgehead atoms. The monoisotopic (exact) mass is 233 g/mol. The second kappa shape index (κ2) is 4.15. The molecule has 0 aromatic carbocycles. The van der Waals surface area contributed by atoms with Crippen LogP contribution >= 0.6 is 15.9 Å². The highest BCUT2D eigenvalue weighted by atomic mass is 79.9. The Morgan fingerprint density at radius 3 is 3.00 bits per heavy atom. The molecule has 1 aromatic heterocycles. The third-order valence-electron chi connectivity index (χ3n) is 1.08. The Hall–Kier alpha value is -0.980. The van der Waals surface area contributed by atoms with E-state index in [1.54, 1.807) is 7.05 Å². The lowest BCUT2D eigenvalue weighted by atomic mass is 10.5. The normalized spacial score (nSPS) is 9.83. The van der Waals surface area contributed by atoms with Gasteiger partial charge in [-0.05, 0) is 5.21 Å². The van der Waals surface area contributed by atoms with Crippen LogP contribution in [0.25, 0.3) is 0 Å². The van der Waals surface area contributed by atoms with Gasteiger partial charge in [0.1, 0.15) is 0 Å². The highest BCUT2D eigenvalue weighted by Crippen LogP contribution is 1.95. The van der Waals surface area contributed by atoms with Crippen LogP contribution in [0.1, 0.15) is 6.42 Å². The van der Waals surface area contributed by atoms with Gasteiger partial charge in [0.25, 0.3) is 5.95 Å². The van der Waals surface area contributed by atoms with E-state index in [1.165, 1.54) is 4.80 Å². The number of tetrazole rings is 1. The number of aromatic nitrogens is 4. The van der Waals surface area contributed by atoms with Gasteiger partial charge in [0.15, 0.2) is 0 Å². The van der Waals surface area contributed by atoms with E-state index in [9.17, 15) is 4.79 Å². The zero-order chi connectivity index (χ0) is 8.97. The topological polar surface area (TPSA) is 72.7 Å². The fourth-order valence-electron chi connectivity index (χ4n) is 0.607. The number of amides is 1. The molecule has 0 saturated carbocycles. The summed E-state index contributed by atoms with van der Waals surface area (Å²) in [6.07, 6.45) is 0.401. The quantitative estimate of drug-likeness (QED) is 0.743. The molecular formula is C5H8BrN5O. The summed E-state index contributed by atoms with van der Waals surface area (Å²) in [7, 11) is 1.63. The van der Waals surface area contributed by atoms with Crippen molar-refractivity contribution < 1.29 is 4.79 Å². The maximum atomic E-state index is 11.0. The Labute approximate surface area is 77.5 Å². The maximum Gasteiger partial charge on any atom is 0.270 e. The van der Waals surface area contributed by atoms with Crippen molar-refractivity contribution in [2.75, 3.05) is 10.6 Å². The van der Waals surface area contributed by atoms with Gasteiger partial charge in [0.2, 0.25) is 5.91 Å². The highest BCUT2D eigenvalue weighted by molar-refractivity contribution is 9.09. The Balaban J connectivity index is 2.46. The van der Waals surface area contributed by atoms with Gasteiger partial charge in [-0.1, -0.05) is 21.0 Å². The largest absolute Gasteiger partial charge is 0.292 e. The van der Waals surface area contributed by atoms with Crippen LogP contribution in [-0.4, -0.2) is 31.4 Å². The molecule has 1 N–H and O–H groups in total. The second-order valence-corrected chi connectivity index (χ2v) is 2.88. The molecule has 0 aliphatic rings. The summed E-state index contributed by atoms with van der Waals surface area (Å²) in [4.78, 5) is 12.2. The number of nitrogens with one attached hydrogen (secondary N) is 1. The van der Waals surface area contributed by atoms with Crippen LogP contribution in [0.3, 0.4) is 0 Å². The number of rotatable bonds is 3. The number of hydrogen-bond donors (Lipinski definition) is 1. The van der Waals surface area contributed by atoms with Crippen LogP contribution in [0.4, 0.5) is 5.95 Å². The zero-order valence-electron chi connectivity index (χ0n) is 6.49. The van der Waals surface area contributed by atoms with Crippen molar-refractivity contribution in [3.63, 3.8) is 0 Å². The van der Waals surface area contributed by atoms with E-state index in [2.05, 4.69) is 36.7 Å². The molecule has 0 saturated heterocycles. The number of alkyl halides is 1. The smallest absolute Gasteiger partial charge is 0.270 e. The molecule has 0 atom stereocenters. The Kier molecular flexibility index (Phi) is 3.15. The molecular weight excluding hydrogens is 226 g/mol. The number of carbonyl (C=O) groups excluding carboxylic acids is 1. The standard InChI is InChI=1S/C5H8BrN5O/c1-11-9-5(8-10-11)7-4(12)2-3-6/h2-3H2,1H3,(H,7,9,12). The molecule has 1 aromatic rings. The first-order valence-electron chi connectivity index (χ1n) is 3.32. The van der Waals surface area contributed by atoms with E-state index in [1.807, 2.05) is 0 Å². The number of nitrogens with zero attached hydrogens (tertiary/aromatic N) is 4. The minimum Gasteiger partial charge on any atom is -0.292 e. The summed E-state index contributed by atoms with van der Waals surface area (Å²) < 4.78 is 0. The van der Waals surface area contributed by atoms with Gasteiger partial charge >= 0.3 is 0 Å². The molecule has 0 unspecified atom stereocenters. The molecule has 1 heterocycles. The van der Waals surface area contributed by atoms with Crippen molar-refractivity contribution in [1.29, 1.82) is 0 Å². The molecule has 12 heavy (non-hydrogen) atoms. The van der Waals surface area contributed by atoms with Gasteiger partial charge in [0, 0.05) is 11.8 Å². The van der Waals surface area contributed by atoms with Gasteiger partial charge in [-0.2, -0.15) is 4.80 Å². The van der Waals surface area contributed by atoms with Crippen LogP contribution in [0.5, 0.6) is 0 Å². The van der Waals surface area contributed by atoms with Crippen LogP contribution in [0, 0.1) is 0 Å². The first-order chi connectivity index (χ1) is 5.72. The van der Waals surface area contributed by atoms with Crippen molar-refractivity contribution in [3.8, 4) is 0 Å². The maximum absolute atomic E-state index is 11.0. The van der Waals surface area contributed by atoms with Gasteiger partial charge < -0.3 is 0 Å². The van der Waals surface area contributed by atoms with E-state index in [-0.39, 0.29) is 11.9 Å². The molecule has 7 heteroatoms. The average molecular weight is 234 g/mol. The fourth-order valence-corrected chi connectivity index (χ4v) is 0.967. The predicted molar refractivity (Wildman–Crippen MR) is 45.8 cm³/mol. The lowest BCUT2D eigenvalue weighted by molar-refractivity contribution is -0.115. The van der Waals surface area contributed by atoms with Crippen LogP contribution in [0.15, 0.2) is 0 Å². The van der Waals surface area contributed by atoms with E-state index in [4.69, 9.17) is 0 Å². The molecule has 1 amide bonds. The van der Waals surface area contributed by atoms with Crippen LogP contribution in [0.2, 0.25) is 0 Å². The molecule has 0 spiro atoms. The summed E-state index contributed by atoms with van der Waals surface area (Å²) in [5.74, 6) is 0.114. The first kappa shape index (κ1) is 9.11. The van der Waals surface area contributed by atoms with Crippen molar-refractivity contribution in [1.82, 2.24) is 20.2 Å². The summed E-state index contributed by atoms with van der Waals surface area (Å²) in [6, 6.07) is 0. The molecule has 0 fully saturated rings. The van der Waals surface area contributed by atoms with Gasteiger partial charge in [-0.15, -0.1) is 5.10 Å². The van der Waals surface area contributed by atoms with Gasteiger partial charge in [0.05, 0.1) is 7.05 Å². The van der Waals surface area contributed by atoms with Crippen molar-refractivity contribution >= 4 is 27.8 Å². The van der Waals surface area contributed by atoms with E-state index < -0.39 is 0 Å². The number of aryl methyl sites for hydroxylation is 1. The minimum atomic E-state index is -0.125. The van der Waals surface area contributed by atoms with E-state index in [0.29, 0.717) is 11.8 Å². The summed E-state index contributed by atoms with van der Waals surface area (Å²) >= 11 is 3.15. The van der Waals surface area contributed by atoms with Gasteiger partial charge in [-0.3, -0.25) is 10.1 Å². The highest BCUT2D eigenvalue weighted by Gasteiger charge is 2.04. The van der Waals surface area contributed by atoms with Crippen molar-refractivity contribution in [2.45, 2.75) is 6.42 Å². The summed E-state index contributed by atoms with van der Waals surface area (Å²) in [5, 5.41) is 14.0. The SMILES string of the molecule is Cn1nnc(NC(=O)CCBr)n1. The van der Waals surface area contributed by atoms with Crippen LogP contribution in [-0.2, 0) is 11.8 Å².